The quantitative estimate of drug-likeness (QED) is 0.775. The molecule has 0 aliphatic heterocycles. The van der Waals surface area contributed by atoms with Gasteiger partial charge in [-0.3, -0.25) is 0 Å². The van der Waals surface area contributed by atoms with E-state index in [0.717, 1.165) is 17.9 Å². The molecule has 0 saturated heterocycles. The van der Waals surface area contributed by atoms with Crippen LogP contribution in [-0.2, 0) is 0 Å². The van der Waals surface area contributed by atoms with E-state index in [9.17, 15) is 0 Å². The highest BCUT2D eigenvalue weighted by atomic mass is 35.5. The van der Waals surface area contributed by atoms with E-state index in [-0.39, 0.29) is 0 Å². The first kappa shape index (κ1) is 14.3. The molecular weight excluding hydrogens is 282 g/mol. The van der Waals surface area contributed by atoms with Crippen molar-refractivity contribution in [2.75, 3.05) is 11.4 Å². The zero-order chi connectivity index (χ0) is 14.7. The molecule has 1 aromatic carbocycles. The molecule has 4 heteroatoms. The van der Waals surface area contributed by atoms with Gasteiger partial charge >= 0.3 is 0 Å². The van der Waals surface area contributed by atoms with Gasteiger partial charge in [-0.2, -0.15) is 0 Å². The van der Waals surface area contributed by atoms with Crippen LogP contribution in [0, 0.1) is 0 Å². The molecule has 1 saturated carbocycles. The van der Waals surface area contributed by atoms with Crippen molar-refractivity contribution in [3.63, 3.8) is 0 Å². The van der Waals surface area contributed by atoms with E-state index in [1.807, 2.05) is 36.4 Å². The highest BCUT2D eigenvalue weighted by Gasteiger charge is 2.23. The average molecular weight is 302 g/mol. The van der Waals surface area contributed by atoms with Crippen molar-refractivity contribution in [2.45, 2.75) is 38.6 Å². The second-order valence-corrected chi connectivity index (χ2v) is 5.85. The lowest BCUT2D eigenvalue weighted by atomic mass is 10.2. The summed E-state index contributed by atoms with van der Waals surface area (Å²) in [6, 6.07) is 12.5. The summed E-state index contributed by atoms with van der Waals surface area (Å²) in [6.07, 6.45) is 5.11. The van der Waals surface area contributed by atoms with Crippen LogP contribution < -0.4 is 4.90 Å². The van der Waals surface area contributed by atoms with Crippen molar-refractivity contribution in [1.29, 1.82) is 0 Å². The fourth-order valence-electron chi connectivity index (χ4n) is 3.09. The first-order valence-electron chi connectivity index (χ1n) is 7.64. The van der Waals surface area contributed by atoms with Gasteiger partial charge in [0, 0.05) is 24.2 Å². The Kier molecular flexibility index (Phi) is 4.39. The molecule has 0 radical (unpaired) electrons. The van der Waals surface area contributed by atoms with Crippen molar-refractivity contribution in [3.05, 3.63) is 41.6 Å². The maximum absolute atomic E-state index is 6.23. The number of rotatable bonds is 4. The zero-order valence-corrected chi connectivity index (χ0v) is 13.1. The van der Waals surface area contributed by atoms with Gasteiger partial charge in [0.05, 0.1) is 0 Å². The fourth-order valence-corrected chi connectivity index (χ4v) is 3.27. The van der Waals surface area contributed by atoms with E-state index >= 15 is 0 Å². The molecule has 21 heavy (non-hydrogen) atoms. The fraction of sp³-hybridized carbons (Fsp3) is 0.412. The average Bonchev–Trinajstić information content (AvgIpc) is 3.02. The topological polar surface area (TPSA) is 29.0 Å². The molecular formula is C17H20ClN3. The Hall–Kier alpha value is -1.61. The van der Waals surface area contributed by atoms with E-state index in [4.69, 9.17) is 16.6 Å². The third kappa shape index (κ3) is 3.18. The lowest BCUT2D eigenvalue weighted by Gasteiger charge is -2.29. The molecule has 1 aliphatic rings. The summed E-state index contributed by atoms with van der Waals surface area (Å²) in [7, 11) is 0. The Morgan fingerprint density at radius 2 is 1.86 bits per heavy atom. The molecule has 1 fully saturated rings. The van der Waals surface area contributed by atoms with Crippen LogP contribution in [0.2, 0.25) is 5.15 Å². The second-order valence-electron chi connectivity index (χ2n) is 5.46. The minimum atomic E-state index is 0.510. The predicted octanol–water partition coefficient (Wildman–Crippen LogP) is 4.57. The maximum atomic E-state index is 6.23. The number of nitrogens with zero attached hydrogens (tertiary/aromatic N) is 3. The normalized spacial score (nSPS) is 15.3. The highest BCUT2D eigenvalue weighted by Crippen LogP contribution is 2.29. The molecule has 1 aromatic heterocycles. The van der Waals surface area contributed by atoms with Gasteiger partial charge in [0.2, 0.25) is 0 Å². The lowest BCUT2D eigenvalue weighted by molar-refractivity contribution is 0.613. The van der Waals surface area contributed by atoms with Crippen molar-refractivity contribution in [1.82, 2.24) is 9.97 Å². The van der Waals surface area contributed by atoms with Crippen LogP contribution in [0.15, 0.2) is 36.4 Å². The first-order valence-corrected chi connectivity index (χ1v) is 8.02. The minimum absolute atomic E-state index is 0.510. The summed E-state index contributed by atoms with van der Waals surface area (Å²) < 4.78 is 0. The summed E-state index contributed by atoms with van der Waals surface area (Å²) in [4.78, 5) is 11.5. The SMILES string of the molecule is CCN(c1cc(Cl)nc(-c2ccccc2)n1)C1CCCC1. The number of benzene rings is 1. The van der Waals surface area contributed by atoms with E-state index in [1.165, 1.54) is 25.7 Å². The van der Waals surface area contributed by atoms with Gasteiger partial charge in [-0.25, -0.2) is 9.97 Å². The Labute approximate surface area is 131 Å². The third-order valence-electron chi connectivity index (χ3n) is 4.11. The summed E-state index contributed by atoms with van der Waals surface area (Å²) in [5.41, 5.74) is 1.00. The molecule has 110 valence electrons. The van der Waals surface area contributed by atoms with E-state index in [2.05, 4.69) is 16.8 Å². The molecule has 3 rings (SSSR count). The molecule has 2 aromatic rings. The zero-order valence-electron chi connectivity index (χ0n) is 12.3. The van der Waals surface area contributed by atoms with Crippen molar-refractivity contribution < 1.29 is 0 Å². The predicted molar refractivity (Wildman–Crippen MR) is 87.8 cm³/mol. The third-order valence-corrected chi connectivity index (χ3v) is 4.31. The van der Waals surface area contributed by atoms with E-state index in [0.29, 0.717) is 17.0 Å². The summed E-state index contributed by atoms with van der Waals surface area (Å²) in [6.45, 7) is 3.13. The molecule has 0 bridgehead atoms. The van der Waals surface area contributed by atoms with Crippen LogP contribution in [-0.4, -0.2) is 22.6 Å². The van der Waals surface area contributed by atoms with Crippen LogP contribution >= 0.6 is 11.6 Å². The highest BCUT2D eigenvalue weighted by molar-refractivity contribution is 6.29. The van der Waals surface area contributed by atoms with Gasteiger partial charge in [-0.15, -0.1) is 0 Å². The molecule has 0 amide bonds. The second kappa shape index (κ2) is 6.44. The number of hydrogen-bond acceptors (Lipinski definition) is 3. The maximum Gasteiger partial charge on any atom is 0.163 e. The Morgan fingerprint density at radius 3 is 2.52 bits per heavy atom. The molecule has 0 atom stereocenters. The monoisotopic (exact) mass is 301 g/mol. The number of anilines is 1. The van der Waals surface area contributed by atoms with Gasteiger partial charge in [0.1, 0.15) is 11.0 Å². The number of hydrogen-bond donors (Lipinski definition) is 0. The Morgan fingerprint density at radius 1 is 1.14 bits per heavy atom. The molecule has 3 nitrogen and oxygen atoms in total. The number of aromatic nitrogens is 2. The standard InChI is InChI=1S/C17H20ClN3/c1-2-21(14-10-6-7-11-14)16-12-15(18)19-17(20-16)13-8-4-3-5-9-13/h3-5,8-9,12,14H,2,6-7,10-11H2,1H3. The summed E-state index contributed by atoms with van der Waals surface area (Å²) in [5.74, 6) is 1.65. The van der Waals surface area contributed by atoms with Crippen LogP contribution in [0.4, 0.5) is 5.82 Å². The summed E-state index contributed by atoms with van der Waals surface area (Å²) >= 11 is 6.23. The van der Waals surface area contributed by atoms with Gasteiger partial charge in [0.25, 0.3) is 0 Å². The molecule has 0 spiro atoms. The van der Waals surface area contributed by atoms with Crippen LogP contribution in [0.1, 0.15) is 32.6 Å². The largest absolute Gasteiger partial charge is 0.354 e. The van der Waals surface area contributed by atoms with Crippen LogP contribution in [0.5, 0.6) is 0 Å². The van der Waals surface area contributed by atoms with Gasteiger partial charge < -0.3 is 4.90 Å². The van der Waals surface area contributed by atoms with Crippen LogP contribution in [0.3, 0.4) is 0 Å². The van der Waals surface area contributed by atoms with Gasteiger partial charge in [-0.1, -0.05) is 54.8 Å². The Bertz CT molecular complexity index is 594. The smallest absolute Gasteiger partial charge is 0.163 e. The van der Waals surface area contributed by atoms with Crippen molar-refractivity contribution in [3.8, 4) is 11.4 Å². The van der Waals surface area contributed by atoms with Crippen molar-refractivity contribution >= 4 is 17.4 Å². The first-order chi connectivity index (χ1) is 10.3. The summed E-state index contributed by atoms with van der Waals surface area (Å²) in [5, 5.41) is 0.510. The molecule has 0 N–H and O–H groups in total. The van der Waals surface area contributed by atoms with E-state index < -0.39 is 0 Å². The molecule has 1 aliphatic carbocycles. The van der Waals surface area contributed by atoms with Gasteiger partial charge in [-0.05, 0) is 19.8 Å². The van der Waals surface area contributed by atoms with E-state index in [1.54, 1.807) is 0 Å². The number of halogens is 1. The molecule has 0 unspecified atom stereocenters. The lowest BCUT2D eigenvalue weighted by Crippen LogP contribution is -2.33. The van der Waals surface area contributed by atoms with Crippen molar-refractivity contribution in [2.24, 2.45) is 0 Å². The van der Waals surface area contributed by atoms with Gasteiger partial charge in [0.15, 0.2) is 5.82 Å². The minimum Gasteiger partial charge on any atom is -0.354 e. The van der Waals surface area contributed by atoms with Crippen LogP contribution in [0.25, 0.3) is 11.4 Å². The molecule has 1 heterocycles. The Balaban J connectivity index is 1.96.